The van der Waals surface area contributed by atoms with Crippen LogP contribution < -0.4 is 14.4 Å². The second kappa shape index (κ2) is 13.9. The van der Waals surface area contributed by atoms with Gasteiger partial charge in [0.2, 0.25) is 10.0 Å². The summed E-state index contributed by atoms with van der Waals surface area (Å²) in [6.45, 7) is 2.60. The minimum atomic E-state index is -4.15. The van der Waals surface area contributed by atoms with E-state index in [4.69, 9.17) is 30.5 Å². The fraction of sp³-hybridized carbons (Fsp3) is 0.595. The topological polar surface area (TPSA) is 103 Å². The highest BCUT2D eigenvalue weighted by atomic mass is 35.5. The minimum absolute atomic E-state index is 0.109. The molecule has 2 aromatic carbocycles. The van der Waals surface area contributed by atoms with E-state index in [0.29, 0.717) is 43.8 Å². The lowest BCUT2D eigenvalue weighted by Crippen LogP contribution is -2.49. The Kier molecular flexibility index (Phi) is 9.83. The van der Waals surface area contributed by atoms with E-state index in [1.54, 1.807) is 19.2 Å². The average Bonchev–Trinajstić information content (AvgIpc) is 3.53. The molecule has 1 amide bonds. The highest BCUT2D eigenvalue weighted by Crippen LogP contribution is 2.47. The quantitative estimate of drug-likeness (QED) is 0.399. The van der Waals surface area contributed by atoms with Gasteiger partial charge in [0.1, 0.15) is 11.0 Å². The number of methoxy groups -OCH3 is 2. The maximum Gasteiger partial charge on any atom is 0.264 e. The number of aryl methyl sites for hydroxylation is 1. The van der Waals surface area contributed by atoms with Crippen molar-refractivity contribution in [2.45, 2.75) is 86.8 Å². The zero-order valence-corrected chi connectivity index (χ0v) is 29.4. The van der Waals surface area contributed by atoms with E-state index in [0.717, 1.165) is 62.2 Å². The Bertz CT molecular complexity index is 1640. The molecule has 11 heteroatoms. The number of benzene rings is 2. The number of amides is 1. The summed E-state index contributed by atoms with van der Waals surface area (Å²) < 4.78 is 54.8. The van der Waals surface area contributed by atoms with Crippen LogP contribution in [-0.4, -0.2) is 78.4 Å². The molecule has 0 unspecified atom stereocenters. The summed E-state index contributed by atoms with van der Waals surface area (Å²) in [5.74, 6) is 0.708. The number of sulfonamides is 1. The monoisotopic (exact) mass is 698 g/mol. The van der Waals surface area contributed by atoms with E-state index < -0.39 is 27.3 Å². The Labute approximate surface area is 289 Å². The van der Waals surface area contributed by atoms with Crippen molar-refractivity contribution in [3.05, 3.63) is 70.3 Å². The molecule has 5 aliphatic rings. The van der Waals surface area contributed by atoms with Crippen molar-refractivity contribution < 1.29 is 32.2 Å². The number of carbonyl (C=O) groups excluding carboxylic acids is 1. The Morgan fingerprint density at radius 3 is 2.71 bits per heavy atom. The Morgan fingerprint density at radius 1 is 1.08 bits per heavy atom. The molecule has 1 spiro atoms. The fourth-order valence-corrected chi connectivity index (χ4v) is 10.6. The number of halogens is 1. The van der Waals surface area contributed by atoms with Gasteiger partial charge in [0.05, 0.1) is 30.6 Å². The van der Waals surface area contributed by atoms with Gasteiger partial charge >= 0.3 is 0 Å². The summed E-state index contributed by atoms with van der Waals surface area (Å²) in [5.41, 5.74) is 3.37. The van der Waals surface area contributed by atoms with Crippen LogP contribution in [0.25, 0.3) is 0 Å². The first-order valence-electron chi connectivity index (χ1n) is 17.4. The van der Waals surface area contributed by atoms with Gasteiger partial charge in [0.15, 0.2) is 0 Å². The predicted octanol–water partition coefficient (Wildman–Crippen LogP) is 5.83. The van der Waals surface area contributed by atoms with Crippen molar-refractivity contribution in [3.63, 3.8) is 0 Å². The van der Waals surface area contributed by atoms with Crippen LogP contribution in [0.5, 0.6) is 5.75 Å². The maximum atomic E-state index is 14.0. The SMILES string of the molecule is CO[C@H]1/C=C\C[C@@H](OC)[C@@H](C[C@@H]2CCCO2)S(=O)(=O)NC(=O)c2ccc3c(c2)N(C[C@@H]2CC[C@H]21)C[C@@]1(CCCc2cc(Cl)ccc21)CO3. The molecule has 2 bridgehead atoms. The second-order valence-electron chi connectivity index (χ2n) is 14.3. The molecule has 2 aliphatic carbocycles. The van der Waals surface area contributed by atoms with Crippen LogP contribution in [0.1, 0.15) is 72.9 Å². The predicted molar refractivity (Wildman–Crippen MR) is 186 cm³/mol. The highest BCUT2D eigenvalue weighted by Gasteiger charge is 2.45. The van der Waals surface area contributed by atoms with E-state index in [1.807, 2.05) is 18.2 Å². The first kappa shape index (κ1) is 33.8. The third-order valence-corrected chi connectivity index (χ3v) is 13.5. The van der Waals surface area contributed by atoms with Crippen LogP contribution in [0.3, 0.4) is 0 Å². The molecule has 7 atom stereocenters. The molecule has 2 fully saturated rings. The number of hydrogen-bond acceptors (Lipinski definition) is 8. The highest BCUT2D eigenvalue weighted by molar-refractivity contribution is 7.90. The standard InChI is InChI=1S/C37H47ClN2O7S/c1-44-32-8-3-9-34(45-2)35(20-28-7-5-17-46-28)48(42,43)39-36(41)25-11-15-33-31(19-25)40(21-26-10-13-29(26)32)22-37(23-47-33)16-4-6-24-18-27(38)12-14-30(24)37/h3,8,11-12,14-15,18-19,26,28-29,32,34-35H,4-7,9-10,13,16-17,20-23H2,1-2H3,(H,39,41)/b8-3-/t26-,28-,29+,32-,34+,35+,37-/m0/s1. The van der Waals surface area contributed by atoms with Crippen LogP contribution >= 0.6 is 11.6 Å². The van der Waals surface area contributed by atoms with E-state index in [1.165, 1.54) is 18.2 Å². The van der Waals surface area contributed by atoms with Crippen molar-refractivity contribution in [2.24, 2.45) is 11.8 Å². The van der Waals surface area contributed by atoms with Gasteiger partial charge in [0.25, 0.3) is 5.91 Å². The molecule has 48 heavy (non-hydrogen) atoms. The van der Waals surface area contributed by atoms with Gasteiger partial charge < -0.3 is 23.8 Å². The maximum absolute atomic E-state index is 14.0. The molecule has 1 saturated carbocycles. The molecule has 1 saturated heterocycles. The van der Waals surface area contributed by atoms with Crippen molar-refractivity contribution >= 4 is 33.2 Å². The first-order valence-corrected chi connectivity index (χ1v) is 19.3. The lowest BCUT2D eigenvalue weighted by Gasteiger charge is -2.46. The molecule has 7 rings (SSSR count). The van der Waals surface area contributed by atoms with Gasteiger partial charge in [-0.3, -0.25) is 4.79 Å². The zero-order valence-electron chi connectivity index (χ0n) is 27.9. The van der Waals surface area contributed by atoms with Crippen LogP contribution in [0.4, 0.5) is 5.69 Å². The third kappa shape index (κ3) is 6.63. The lowest BCUT2D eigenvalue weighted by atomic mass is 9.68. The second-order valence-corrected chi connectivity index (χ2v) is 16.6. The largest absolute Gasteiger partial charge is 0.490 e. The Hall–Kier alpha value is -2.63. The number of hydrogen-bond donors (Lipinski definition) is 1. The van der Waals surface area contributed by atoms with Gasteiger partial charge in [-0.1, -0.05) is 29.8 Å². The molecule has 9 nitrogen and oxygen atoms in total. The lowest BCUT2D eigenvalue weighted by molar-refractivity contribution is 0.0128. The van der Waals surface area contributed by atoms with Crippen molar-refractivity contribution in [2.75, 3.05) is 45.4 Å². The number of nitrogens with one attached hydrogen (secondary N) is 1. The Morgan fingerprint density at radius 2 is 1.96 bits per heavy atom. The summed E-state index contributed by atoms with van der Waals surface area (Å²) in [4.78, 5) is 16.2. The molecule has 1 N–H and O–H groups in total. The fourth-order valence-electron chi connectivity index (χ4n) is 8.77. The van der Waals surface area contributed by atoms with Gasteiger partial charge in [-0.15, -0.1) is 0 Å². The molecule has 3 aliphatic heterocycles. The van der Waals surface area contributed by atoms with Crippen LogP contribution in [-0.2, 0) is 36.1 Å². The first-order chi connectivity index (χ1) is 23.2. The van der Waals surface area contributed by atoms with Crippen molar-refractivity contribution in [3.8, 4) is 5.75 Å². The molecular formula is C37H47ClN2O7S. The summed E-state index contributed by atoms with van der Waals surface area (Å²) in [6, 6.07) is 11.5. The normalized spacial score (nSPS) is 33.8. The Balaban J connectivity index is 1.28. The molecule has 260 valence electrons. The molecule has 0 radical (unpaired) electrons. The van der Waals surface area contributed by atoms with E-state index in [9.17, 15) is 13.2 Å². The number of fused-ring (bicyclic) bond motifs is 4. The van der Waals surface area contributed by atoms with Crippen LogP contribution in [0.2, 0.25) is 5.02 Å². The van der Waals surface area contributed by atoms with E-state index >= 15 is 0 Å². The van der Waals surface area contributed by atoms with Gasteiger partial charge in [-0.05, 0) is 111 Å². The van der Waals surface area contributed by atoms with Crippen LogP contribution in [0, 0.1) is 11.8 Å². The minimum Gasteiger partial charge on any atom is -0.490 e. The van der Waals surface area contributed by atoms with Crippen molar-refractivity contribution in [1.82, 2.24) is 4.72 Å². The van der Waals surface area contributed by atoms with Gasteiger partial charge in [0, 0.05) is 49.9 Å². The number of anilines is 1. The smallest absolute Gasteiger partial charge is 0.264 e. The molecule has 3 heterocycles. The van der Waals surface area contributed by atoms with E-state index in [2.05, 4.69) is 27.8 Å². The zero-order chi connectivity index (χ0) is 33.5. The number of carbonyl (C=O) groups is 1. The third-order valence-electron chi connectivity index (χ3n) is 11.5. The molecule has 2 aromatic rings. The summed E-state index contributed by atoms with van der Waals surface area (Å²) >= 11 is 6.44. The van der Waals surface area contributed by atoms with E-state index in [-0.39, 0.29) is 29.6 Å². The number of ether oxygens (including phenoxy) is 4. The van der Waals surface area contributed by atoms with Crippen molar-refractivity contribution in [1.29, 1.82) is 0 Å². The summed E-state index contributed by atoms with van der Waals surface area (Å²) in [5, 5.41) is -0.241. The van der Waals surface area contributed by atoms with Gasteiger partial charge in [-0.2, -0.15) is 0 Å². The summed E-state index contributed by atoms with van der Waals surface area (Å²) in [6.07, 6.45) is 10.5. The van der Waals surface area contributed by atoms with Gasteiger partial charge in [-0.25, -0.2) is 13.1 Å². The molecule has 0 aromatic heterocycles. The number of rotatable bonds is 4. The molecular weight excluding hydrogens is 652 g/mol. The average molecular weight is 699 g/mol. The summed E-state index contributed by atoms with van der Waals surface area (Å²) in [7, 11) is -0.877. The van der Waals surface area contributed by atoms with Crippen LogP contribution in [0.15, 0.2) is 48.6 Å². The number of nitrogens with zero attached hydrogens (tertiary/aromatic N) is 1.